The molecule has 13 heavy (non-hydrogen) atoms. The van der Waals surface area contributed by atoms with Crippen molar-refractivity contribution in [1.82, 2.24) is 4.98 Å². The molecule has 0 saturated carbocycles. The predicted octanol–water partition coefficient (Wildman–Crippen LogP) is 0.910. The van der Waals surface area contributed by atoms with Gasteiger partial charge in [-0.3, -0.25) is 0 Å². The molecule has 0 radical (unpaired) electrons. The normalized spacial score (nSPS) is 10.2. The molecule has 0 fully saturated rings. The number of H-pyrrole nitrogens is 1. The maximum absolute atomic E-state index is 11.3. The molecule has 0 aromatic carbocycles. The van der Waals surface area contributed by atoms with Gasteiger partial charge in [-0.05, 0) is 13.8 Å². The summed E-state index contributed by atoms with van der Waals surface area (Å²) < 4.78 is 4.60. The van der Waals surface area contributed by atoms with Crippen LogP contribution >= 0.6 is 0 Å². The Morgan fingerprint density at radius 2 is 2.08 bits per heavy atom. The zero-order chi connectivity index (χ0) is 10.0. The highest BCUT2D eigenvalue weighted by atomic mass is 16.5. The van der Waals surface area contributed by atoms with Crippen molar-refractivity contribution in [3.8, 4) is 0 Å². The standard InChI is InChI=1S/C9H13NO3/c1-5-7(4-11)8(6(2)10-5)9(12)13-3/h10-11H,4H2,1-3H3. The number of aliphatic hydroxyl groups excluding tert-OH is 1. The minimum Gasteiger partial charge on any atom is -0.465 e. The zero-order valence-corrected chi connectivity index (χ0v) is 7.97. The number of aromatic nitrogens is 1. The van der Waals surface area contributed by atoms with E-state index in [-0.39, 0.29) is 6.61 Å². The lowest BCUT2D eigenvalue weighted by molar-refractivity contribution is 0.0596. The number of rotatable bonds is 2. The van der Waals surface area contributed by atoms with Gasteiger partial charge in [0.05, 0.1) is 19.3 Å². The highest BCUT2D eigenvalue weighted by molar-refractivity contribution is 5.92. The molecule has 1 aromatic rings. The van der Waals surface area contributed by atoms with E-state index < -0.39 is 5.97 Å². The molecule has 1 heterocycles. The van der Waals surface area contributed by atoms with E-state index in [0.29, 0.717) is 11.1 Å². The topological polar surface area (TPSA) is 62.3 Å². The van der Waals surface area contributed by atoms with Gasteiger partial charge in [-0.25, -0.2) is 4.79 Å². The van der Waals surface area contributed by atoms with Gasteiger partial charge in [0.1, 0.15) is 0 Å². The molecule has 0 spiro atoms. The van der Waals surface area contributed by atoms with E-state index in [0.717, 1.165) is 11.4 Å². The first-order chi connectivity index (χ1) is 6.11. The fraction of sp³-hybridized carbons (Fsp3) is 0.444. The summed E-state index contributed by atoms with van der Waals surface area (Å²) in [6.45, 7) is 3.43. The first-order valence-electron chi connectivity index (χ1n) is 3.99. The number of carbonyl (C=O) groups excluding carboxylic acids is 1. The van der Waals surface area contributed by atoms with Crippen LogP contribution in [0.4, 0.5) is 0 Å². The van der Waals surface area contributed by atoms with Crippen molar-refractivity contribution in [2.24, 2.45) is 0 Å². The summed E-state index contributed by atoms with van der Waals surface area (Å²) in [5.41, 5.74) is 2.60. The third kappa shape index (κ3) is 1.58. The molecule has 0 aliphatic rings. The number of hydrogen-bond acceptors (Lipinski definition) is 3. The summed E-state index contributed by atoms with van der Waals surface area (Å²) in [4.78, 5) is 14.3. The van der Waals surface area contributed by atoms with Crippen LogP contribution in [-0.4, -0.2) is 23.2 Å². The van der Waals surface area contributed by atoms with Crippen molar-refractivity contribution in [3.63, 3.8) is 0 Å². The van der Waals surface area contributed by atoms with Crippen LogP contribution in [0.2, 0.25) is 0 Å². The van der Waals surface area contributed by atoms with E-state index >= 15 is 0 Å². The van der Waals surface area contributed by atoms with Crippen LogP contribution < -0.4 is 0 Å². The molecule has 0 bridgehead atoms. The maximum Gasteiger partial charge on any atom is 0.340 e. The minimum atomic E-state index is -0.411. The summed E-state index contributed by atoms with van der Waals surface area (Å²) in [6, 6.07) is 0. The van der Waals surface area contributed by atoms with Gasteiger partial charge >= 0.3 is 5.97 Å². The van der Waals surface area contributed by atoms with E-state index in [1.165, 1.54) is 7.11 Å². The zero-order valence-electron chi connectivity index (χ0n) is 7.97. The Hall–Kier alpha value is -1.29. The number of ether oxygens (including phenoxy) is 1. The molecule has 2 N–H and O–H groups in total. The third-order valence-corrected chi connectivity index (χ3v) is 2.05. The van der Waals surface area contributed by atoms with Gasteiger partial charge in [0.25, 0.3) is 0 Å². The molecule has 4 heteroatoms. The molecule has 1 rings (SSSR count). The van der Waals surface area contributed by atoms with Gasteiger partial charge in [-0.15, -0.1) is 0 Å². The van der Waals surface area contributed by atoms with E-state index in [2.05, 4.69) is 9.72 Å². The lowest BCUT2D eigenvalue weighted by Gasteiger charge is -2.00. The second-order valence-corrected chi connectivity index (χ2v) is 2.88. The van der Waals surface area contributed by atoms with Crippen molar-refractivity contribution in [2.75, 3.05) is 7.11 Å². The van der Waals surface area contributed by atoms with Crippen molar-refractivity contribution < 1.29 is 14.6 Å². The van der Waals surface area contributed by atoms with Gasteiger partial charge < -0.3 is 14.8 Å². The molecular weight excluding hydrogens is 170 g/mol. The van der Waals surface area contributed by atoms with Crippen LogP contribution in [-0.2, 0) is 11.3 Å². The van der Waals surface area contributed by atoms with Gasteiger partial charge in [-0.2, -0.15) is 0 Å². The van der Waals surface area contributed by atoms with Crippen LogP contribution in [0.5, 0.6) is 0 Å². The lowest BCUT2D eigenvalue weighted by atomic mass is 10.1. The third-order valence-electron chi connectivity index (χ3n) is 2.05. The SMILES string of the molecule is COC(=O)c1c(C)[nH]c(C)c1CO. The van der Waals surface area contributed by atoms with Gasteiger partial charge in [0.15, 0.2) is 0 Å². The molecular formula is C9H13NO3. The van der Waals surface area contributed by atoms with E-state index in [1.807, 2.05) is 6.92 Å². The summed E-state index contributed by atoms with van der Waals surface area (Å²) in [5, 5.41) is 9.03. The number of aromatic amines is 1. The number of carbonyl (C=O) groups is 1. The van der Waals surface area contributed by atoms with Crippen molar-refractivity contribution in [3.05, 3.63) is 22.5 Å². The molecule has 0 amide bonds. The monoisotopic (exact) mass is 183 g/mol. The van der Waals surface area contributed by atoms with Gasteiger partial charge in [0, 0.05) is 17.0 Å². The quantitative estimate of drug-likeness (QED) is 0.670. The van der Waals surface area contributed by atoms with Crippen molar-refractivity contribution in [1.29, 1.82) is 0 Å². The Morgan fingerprint density at radius 3 is 2.54 bits per heavy atom. The average molecular weight is 183 g/mol. The fourth-order valence-corrected chi connectivity index (χ4v) is 1.41. The first kappa shape index (κ1) is 9.80. The van der Waals surface area contributed by atoms with E-state index in [1.54, 1.807) is 6.92 Å². The number of aliphatic hydroxyl groups is 1. The number of hydrogen-bond donors (Lipinski definition) is 2. The number of esters is 1. The predicted molar refractivity (Wildman–Crippen MR) is 47.5 cm³/mol. The van der Waals surface area contributed by atoms with Crippen LogP contribution in [0.25, 0.3) is 0 Å². The van der Waals surface area contributed by atoms with Crippen LogP contribution in [0.1, 0.15) is 27.3 Å². The largest absolute Gasteiger partial charge is 0.465 e. The van der Waals surface area contributed by atoms with Gasteiger partial charge in [-0.1, -0.05) is 0 Å². The molecule has 0 atom stereocenters. The van der Waals surface area contributed by atoms with Crippen LogP contribution in [0.15, 0.2) is 0 Å². The second-order valence-electron chi connectivity index (χ2n) is 2.88. The molecule has 0 unspecified atom stereocenters. The fourth-order valence-electron chi connectivity index (χ4n) is 1.41. The summed E-state index contributed by atoms with van der Waals surface area (Å²) in [5.74, 6) is -0.411. The van der Waals surface area contributed by atoms with Crippen molar-refractivity contribution >= 4 is 5.97 Å². The Bertz CT molecular complexity index is 328. The molecule has 1 aromatic heterocycles. The summed E-state index contributed by atoms with van der Waals surface area (Å²) >= 11 is 0. The summed E-state index contributed by atoms with van der Waals surface area (Å²) in [7, 11) is 1.32. The Labute approximate surface area is 76.5 Å². The smallest absolute Gasteiger partial charge is 0.340 e. The Morgan fingerprint density at radius 1 is 1.46 bits per heavy atom. The number of methoxy groups -OCH3 is 1. The number of aryl methyl sites for hydroxylation is 2. The summed E-state index contributed by atoms with van der Waals surface area (Å²) in [6.07, 6.45) is 0. The first-order valence-corrected chi connectivity index (χ1v) is 3.99. The Kier molecular flexibility index (Phi) is 2.72. The molecule has 0 aliphatic carbocycles. The van der Waals surface area contributed by atoms with E-state index in [9.17, 15) is 4.79 Å². The number of nitrogens with one attached hydrogen (secondary N) is 1. The van der Waals surface area contributed by atoms with E-state index in [4.69, 9.17) is 5.11 Å². The second kappa shape index (κ2) is 3.62. The molecule has 4 nitrogen and oxygen atoms in total. The molecule has 0 saturated heterocycles. The molecule has 72 valence electrons. The maximum atomic E-state index is 11.3. The molecule has 0 aliphatic heterocycles. The average Bonchev–Trinajstić information content (AvgIpc) is 2.39. The van der Waals surface area contributed by atoms with Gasteiger partial charge in [0.2, 0.25) is 0 Å². The van der Waals surface area contributed by atoms with Crippen LogP contribution in [0.3, 0.4) is 0 Å². The Balaban J connectivity index is 3.24. The van der Waals surface area contributed by atoms with Crippen LogP contribution in [0, 0.1) is 13.8 Å². The lowest BCUT2D eigenvalue weighted by Crippen LogP contribution is -2.05. The highest BCUT2D eigenvalue weighted by Gasteiger charge is 2.18. The van der Waals surface area contributed by atoms with Crippen molar-refractivity contribution in [2.45, 2.75) is 20.5 Å². The highest BCUT2D eigenvalue weighted by Crippen LogP contribution is 2.18. The minimum absolute atomic E-state index is 0.152.